The predicted octanol–water partition coefficient (Wildman–Crippen LogP) is 1.54. The van der Waals surface area contributed by atoms with E-state index in [1.807, 2.05) is 30.5 Å². The fraction of sp³-hybridized carbons (Fsp3) is 0.312. The zero-order valence-electron chi connectivity index (χ0n) is 12.7. The van der Waals surface area contributed by atoms with E-state index in [9.17, 15) is 0 Å². The molecule has 0 spiro atoms. The van der Waals surface area contributed by atoms with Crippen LogP contribution in [0.3, 0.4) is 0 Å². The van der Waals surface area contributed by atoms with Gasteiger partial charge < -0.3 is 4.55 Å². The Balaban J connectivity index is 0.000000422. The number of hydrogen-bond donors (Lipinski definition) is 1. The summed E-state index contributed by atoms with van der Waals surface area (Å²) in [6, 6.07) is 10.2. The molecule has 0 fully saturated rings. The van der Waals surface area contributed by atoms with Gasteiger partial charge in [-0.25, -0.2) is 14.3 Å². The van der Waals surface area contributed by atoms with Gasteiger partial charge in [0.15, 0.2) is 0 Å². The van der Waals surface area contributed by atoms with Crippen molar-refractivity contribution in [2.24, 2.45) is 0 Å². The molecule has 6 heteroatoms. The minimum Gasteiger partial charge on any atom is -0.748 e. The summed E-state index contributed by atoms with van der Waals surface area (Å²) >= 11 is 0. The number of rotatable bonds is 2. The average Bonchev–Trinajstić information content (AvgIpc) is 2.42. The summed E-state index contributed by atoms with van der Waals surface area (Å²) in [6.45, 7) is 2.17. The molecule has 0 bridgehead atoms. The summed E-state index contributed by atoms with van der Waals surface area (Å²) in [7, 11) is -3.92. The molecular weight excluding hydrogens is 300 g/mol. The van der Waals surface area contributed by atoms with Crippen molar-refractivity contribution in [1.82, 2.24) is 0 Å². The number of pyridine rings is 1. The third-order valence-corrected chi connectivity index (χ3v) is 2.72. The largest absolute Gasteiger partial charge is 0.748 e. The molecule has 2 rings (SSSR count). The van der Waals surface area contributed by atoms with Gasteiger partial charge in [0.25, 0.3) is 5.69 Å². The number of unbranched alkanes of at least 4 members (excludes halogenated alkanes) is 2. The van der Waals surface area contributed by atoms with Crippen LogP contribution in [0.25, 0.3) is 10.8 Å². The first-order valence-electron chi connectivity index (χ1n) is 6.90. The number of nitrogens with zero attached hydrogens (tertiary/aromatic N) is 1. The van der Waals surface area contributed by atoms with E-state index in [2.05, 4.69) is 24.8 Å². The highest BCUT2D eigenvalue weighted by molar-refractivity contribution is 7.84. The number of benzene rings is 1. The van der Waals surface area contributed by atoms with Crippen molar-refractivity contribution in [3.63, 3.8) is 0 Å². The Hall–Kier alpha value is -2.10. The maximum absolute atomic E-state index is 9.08. The van der Waals surface area contributed by atoms with Crippen molar-refractivity contribution in [1.29, 1.82) is 0 Å². The van der Waals surface area contributed by atoms with Crippen molar-refractivity contribution in [2.45, 2.75) is 26.2 Å². The molecule has 22 heavy (non-hydrogen) atoms. The summed E-state index contributed by atoms with van der Waals surface area (Å²) in [5, 5.41) is 2.31. The Morgan fingerprint density at radius 3 is 2.45 bits per heavy atom. The van der Waals surface area contributed by atoms with E-state index >= 15 is 0 Å². The zero-order valence-corrected chi connectivity index (χ0v) is 13.6. The lowest BCUT2D eigenvalue weighted by atomic mass is 10.1. The third kappa shape index (κ3) is 7.07. The monoisotopic (exact) mass is 320 g/mol. The molecule has 0 aliphatic rings. The van der Waals surface area contributed by atoms with E-state index in [4.69, 9.17) is 18.8 Å². The summed E-state index contributed by atoms with van der Waals surface area (Å²) in [5.74, 6) is 12.2. The molecule has 0 aliphatic carbocycles. The van der Waals surface area contributed by atoms with Gasteiger partial charge in [0.05, 0.1) is 10.1 Å². The number of hydrogen-bond acceptors (Lipinski definition) is 4. The van der Waals surface area contributed by atoms with E-state index < -0.39 is 10.1 Å². The minimum atomic E-state index is -3.92. The second kappa shape index (κ2) is 8.37. The Morgan fingerprint density at radius 1 is 1.27 bits per heavy atom. The standard InChI is InChI=1S/C15H17N2.CH4O3S/c1-2-3-4-5-10-15-11-13-8-6-7-9-14(13)12-17(15)16;1-5(2,3)4/h6-9,11-12H,2-4,16H2,1H3;1H3,(H,2,3,4)/q+1;/p-1. The molecule has 2 N–H and O–H groups in total. The van der Waals surface area contributed by atoms with Crippen LogP contribution in [-0.4, -0.2) is 19.2 Å². The molecule has 1 aromatic heterocycles. The first-order valence-corrected chi connectivity index (χ1v) is 8.72. The van der Waals surface area contributed by atoms with Gasteiger partial charge in [0, 0.05) is 30.0 Å². The minimum absolute atomic E-state index is 0.604. The van der Waals surface area contributed by atoms with Gasteiger partial charge in [-0.2, -0.15) is 0 Å². The summed E-state index contributed by atoms with van der Waals surface area (Å²) in [5.41, 5.74) is 0.861. The van der Waals surface area contributed by atoms with Crippen molar-refractivity contribution in [3.8, 4) is 11.8 Å². The van der Waals surface area contributed by atoms with Crippen LogP contribution >= 0.6 is 0 Å². The quantitative estimate of drug-likeness (QED) is 0.299. The van der Waals surface area contributed by atoms with Crippen LogP contribution in [0.1, 0.15) is 31.9 Å². The Kier molecular flexibility index (Phi) is 6.83. The molecular formula is C16H20N2O3S. The van der Waals surface area contributed by atoms with E-state index in [1.165, 1.54) is 11.8 Å². The topological polar surface area (TPSA) is 87.1 Å². The molecule has 2 aromatic rings. The molecule has 0 radical (unpaired) electrons. The highest BCUT2D eigenvalue weighted by Gasteiger charge is 2.06. The SMILES string of the molecule is CCCCC#Cc1cc2ccccc2c[n+]1N.CS(=O)(=O)[O-]. The van der Waals surface area contributed by atoms with Crippen molar-refractivity contribution < 1.29 is 17.6 Å². The fourth-order valence-corrected chi connectivity index (χ4v) is 1.72. The third-order valence-electron chi connectivity index (χ3n) is 2.72. The Bertz CT molecular complexity index is 782. The number of nitrogen functional groups attached to an aromatic ring is 1. The maximum atomic E-state index is 9.08. The van der Waals surface area contributed by atoms with Crippen LogP contribution in [-0.2, 0) is 10.1 Å². The van der Waals surface area contributed by atoms with Gasteiger partial charge in [-0.05, 0) is 17.9 Å². The van der Waals surface area contributed by atoms with Crippen molar-refractivity contribution in [2.75, 3.05) is 12.1 Å². The number of nitrogens with two attached hydrogens (primary N) is 1. The van der Waals surface area contributed by atoms with E-state index in [1.54, 1.807) is 4.68 Å². The van der Waals surface area contributed by atoms with Gasteiger partial charge in [0.2, 0.25) is 6.20 Å². The second-order valence-electron chi connectivity index (χ2n) is 4.80. The Labute approximate surface area is 131 Å². The van der Waals surface area contributed by atoms with E-state index in [0.29, 0.717) is 6.26 Å². The summed E-state index contributed by atoms with van der Waals surface area (Å²) in [6.07, 6.45) is 5.77. The van der Waals surface area contributed by atoms with Crippen LogP contribution in [0.5, 0.6) is 0 Å². The normalized spacial score (nSPS) is 10.3. The molecule has 118 valence electrons. The van der Waals surface area contributed by atoms with Crippen molar-refractivity contribution >= 4 is 20.9 Å². The molecule has 0 saturated carbocycles. The lowest BCUT2D eigenvalue weighted by molar-refractivity contribution is -0.640. The highest BCUT2D eigenvalue weighted by Crippen LogP contribution is 2.11. The van der Waals surface area contributed by atoms with Gasteiger partial charge in [-0.3, -0.25) is 0 Å². The fourth-order valence-electron chi connectivity index (χ4n) is 1.72. The van der Waals surface area contributed by atoms with Gasteiger partial charge in [-0.1, -0.05) is 42.1 Å². The summed E-state index contributed by atoms with van der Waals surface area (Å²) in [4.78, 5) is 0. The molecule has 0 atom stereocenters. The number of fused-ring (bicyclic) bond motifs is 1. The molecule has 1 heterocycles. The second-order valence-corrected chi connectivity index (χ2v) is 6.21. The van der Waals surface area contributed by atoms with Crippen molar-refractivity contribution in [3.05, 3.63) is 42.2 Å². The molecule has 0 unspecified atom stereocenters. The van der Waals surface area contributed by atoms with Gasteiger partial charge >= 0.3 is 0 Å². The molecule has 0 saturated heterocycles. The van der Waals surface area contributed by atoms with Gasteiger partial charge in [-0.15, -0.1) is 0 Å². The lowest BCUT2D eigenvalue weighted by Gasteiger charge is -1.96. The molecule has 5 nitrogen and oxygen atoms in total. The van der Waals surface area contributed by atoms with E-state index in [0.717, 1.165) is 23.9 Å². The molecule has 0 aliphatic heterocycles. The molecule has 1 aromatic carbocycles. The van der Waals surface area contributed by atoms with Crippen LogP contribution in [0.4, 0.5) is 0 Å². The maximum Gasteiger partial charge on any atom is 0.286 e. The first-order chi connectivity index (χ1) is 10.3. The summed E-state index contributed by atoms with van der Waals surface area (Å²) < 4.78 is 28.8. The highest BCUT2D eigenvalue weighted by atomic mass is 32.2. The van der Waals surface area contributed by atoms with Crippen LogP contribution < -0.4 is 10.5 Å². The first kappa shape index (κ1) is 18.0. The predicted molar refractivity (Wildman–Crippen MR) is 86.3 cm³/mol. The number of aromatic nitrogens is 1. The Morgan fingerprint density at radius 2 is 1.86 bits per heavy atom. The smallest absolute Gasteiger partial charge is 0.286 e. The van der Waals surface area contributed by atoms with Crippen LogP contribution in [0.2, 0.25) is 0 Å². The van der Waals surface area contributed by atoms with E-state index in [-0.39, 0.29) is 0 Å². The zero-order chi connectivity index (χ0) is 16.6. The average molecular weight is 320 g/mol. The van der Waals surface area contributed by atoms with Crippen LogP contribution in [0, 0.1) is 11.8 Å². The van der Waals surface area contributed by atoms with Crippen LogP contribution in [0.15, 0.2) is 36.5 Å². The molecule has 0 amide bonds. The van der Waals surface area contributed by atoms with Gasteiger partial charge in [0.1, 0.15) is 0 Å². The lowest BCUT2D eigenvalue weighted by Crippen LogP contribution is -2.47.